The number of hydrogen-bond acceptors (Lipinski definition) is 4. The Hall–Kier alpha value is -2.48. The summed E-state index contributed by atoms with van der Waals surface area (Å²) in [4.78, 5) is 24.3. The van der Waals surface area contributed by atoms with Crippen LogP contribution in [0.25, 0.3) is 0 Å². The van der Waals surface area contributed by atoms with Gasteiger partial charge in [0.15, 0.2) is 0 Å². The molecule has 0 aliphatic carbocycles. The molecule has 8 heteroatoms. The number of nitrogens with one attached hydrogen (secondary N) is 1. The standard InChI is InChI=1S/C16H12F3NO3S/c17-11-3-7-13(8-4-11)24-9-14(21)20-15(22)10-1-5-12(6-2-10)23-16(18)19/h1-8,16H,9H2,(H,20,21,22). The molecule has 0 heterocycles. The van der Waals surface area contributed by atoms with Gasteiger partial charge in [-0.25, -0.2) is 4.39 Å². The third kappa shape index (κ3) is 5.62. The highest BCUT2D eigenvalue weighted by atomic mass is 32.2. The lowest BCUT2D eigenvalue weighted by Crippen LogP contribution is -2.31. The SMILES string of the molecule is O=C(CSc1ccc(F)cc1)NC(=O)c1ccc(OC(F)F)cc1. The highest BCUT2D eigenvalue weighted by Crippen LogP contribution is 2.18. The summed E-state index contributed by atoms with van der Waals surface area (Å²) in [5, 5.41) is 2.18. The van der Waals surface area contributed by atoms with Crippen molar-refractivity contribution in [2.45, 2.75) is 11.5 Å². The molecule has 0 saturated carbocycles. The second-order valence-electron chi connectivity index (χ2n) is 4.52. The highest BCUT2D eigenvalue weighted by molar-refractivity contribution is 8.00. The van der Waals surface area contributed by atoms with Gasteiger partial charge in [-0.05, 0) is 48.5 Å². The number of ether oxygens (including phenoxy) is 1. The van der Waals surface area contributed by atoms with Crippen LogP contribution in [-0.4, -0.2) is 24.2 Å². The summed E-state index contributed by atoms with van der Waals surface area (Å²) in [7, 11) is 0. The van der Waals surface area contributed by atoms with Crippen molar-refractivity contribution in [1.82, 2.24) is 5.32 Å². The average Bonchev–Trinajstić information content (AvgIpc) is 2.54. The van der Waals surface area contributed by atoms with E-state index in [4.69, 9.17) is 0 Å². The fourth-order valence-corrected chi connectivity index (χ4v) is 2.40. The van der Waals surface area contributed by atoms with Gasteiger partial charge in [-0.3, -0.25) is 14.9 Å². The van der Waals surface area contributed by atoms with Gasteiger partial charge in [0.1, 0.15) is 11.6 Å². The van der Waals surface area contributed by atoms with Gasteiger partial charge >= 0.3 is 6.61 Å². The maximum absolute atomic E-state index is 12.8. The Kier molecular flexibility index (Phi) is 6.25. The topological polar surface area (TPSA) is 55.4 Å². The predicted molar refractivity (Wildman–Crippen MR) is 82.7 cm³/mol. The quantitative estimate of drug-likeness (QED) is 0.806. The molecule has 0 atom stereocenters. The van der Waals surface area contributed by atoms with Crippen LogP contribution < -0.4 is 10.1 Å². The average molecular weight is 355 g/mol. The van der Waals surface area contributed by atoms with Crippen molar-refractivity contribution in [2.75, 3.05) is 5.75 Å². The van der Waals surface area contributed by atoms with Crippen LogP contribution in [-0.2, 0) is 4.79 Å². The zero-order valence-corrected chi connectivity index (χ0v) is 13.0. The van der Waals surface area contributed by atoms with Crippen molar-refractivity contribution in [3.05, 3.63) is 59.9 Å². The second kappa shape index (κ2) is 8.39. The summed E-state index contributed by atoms with van der Waals surface area (Å²) in [5.41, 5.74) is 0.136. The number of alkyl halides is 2. The van der Waals surface area contributed by atoms with Crippen molar-refractivity contribution in [1.29, 1.82) is 0 Å². The van der Waals surface area contributed by atoms with Gasteiger partial charge in [0.25, 0.3) is 5.91 Å². The third-order valence-corrected chi connectivity index (χ3v) is 3.79. The first-order valence-electron chi connectivity index (χ1n) is 6.71. The number of carbonyl (C=O) groups is 2. The number of hydrogen-bond donors (Lipinski definition) is 1. The third-order valence-electron chi connectivity index (χ3n) is 2.78. The Bertz CT molecular complexity index is 706. The largest absolute Gasteiger partial charge is 0.435 e. The van der Waals surface area contributed by atoms with Crippen LogP contribution in [0.5, 0.6) is 5.75 Å². The van der Waals surface area contributed by atoms with E-state index in [2.05, 4.69) is 10.1 Å². The molecular formula is C16H12F3NO3S. The number of amides is 2. The van der Waals surface area contributed by atoms with Gasteiger partial charge in [0, 0.05) is 10.5 Å². The second-order valence-corrected chi connectivity index (χ2v) is 5.57. The lowest BCUT2D eigenvalue weighted by molar-refractivity contribution is -0.117. The van der Waals surface area contributed by atoms with Gasteiger partial charge in [-0.1, -0.05) is 0 Å². The molecule has 0 radical (unpaired) electrons. The van der Waals surface area contributed by atoms with E-state index in [1.165, 1.54) is 48.5 Å². The molecule has 0 saturated heterocycles. The molecule has 0 spiro atoms. The molecule has 126 valence electrons. The molecule has 2 amide bonds. The van der Waals surface area contributed by atoms with Crippen molar-refractivity contribution < 1.29 is 27.5 Å². The van der Waals surface area contributed by atoms with Gasteiger partial charge < -0.3 is 4.74 Å². The lowest BCUT2D eigenvalue weighted by atomic mass is 10.2. The Labute approximate surface area is 140 Å². The van der Waals surface area contributed by atoms with E-state index >= 15 is 0 Å². The molecule has 0 aliphatic heterocycles. The Balaban J connectivity index is 1.84. The monoisotopic (exact) mass is 355 g/mol. The molecule has 2 rings (SSSR count). The van der Waals surface area contributed by atoms with Crippen LogP contribution in [0.2, 0.25) is 0 Å². The number of halogens is 3. The molecule has 2 aromatic carbocycles. The maximum atomic E-state index is 12.8. The molecule has 4 nitrogen and oxygen atoms in total. The van der Waals surface area contributed by atoms with Crippen molar-refractivity contribution >= 4 is 23.6 Å². The van der Waals surface area contributed by atoms with E-state index in [-0.39, 0.29) is 22.9 Å². The first-order valence-corrected chi connectivity index (χ1v) is 7.70. The smallest absolute Gasteiger partial charge is 0.387 e. The minimum Gasteiger partial charge on any atom is -0.435 e. The first-order chi connectivity index (χ1) is 11.4. The number of rotatable bonds is 6. The van der Waals surface area contributed by atoms with Crippen molar-refractivity contribution in [3.8, 4) is 5.75 Å². The molecule has 0 bridgehead atoms. The highest BCUT2D eigenvalue weighted by Gasteiger charge is 2.12. The number of imide groups is 1. The fourth-order valence-electron chi connectivity index (χ4n) is 1.70. The summed E-state index contributed by atoms with van der Waals surface area (Å²) in [6, 6.07) is 10.6. The molecular weight excluding hydrogens is 343 g/mol. The predicted octanol–water partition coefficient (Wildman–Crippen LogP) is 3.48. The van der Waals surface area contributed by atoms with Crippen molar-refractivity contribution in [3.63, 3.8) is 0 Å². The molecule has 24 heavy (non-hydrogen) atoms. The van der Waals surface area contributed by atoms with Crippen LogP contribution in [0.3, 0.4) is 0 Å². The Morgan fingerprint density at radius 2 is 1.67 bits per heavy atom. The van der Waals surface area contributed by atoms with E-state index in [9.17, 15) is 22.8 Å². The molecule has 0 aliphatic rings. The summed E-state index contributed by atoms with van der Waals surface area (Å²) < 4.78 is 41.0. The molecule has 1 N–H and O–H groups in total. The van der Waals surface area contributed by atoms with Crippen LogP contribution in [0.1, 0.15) is 10.4 Å². The summed E-state index contributed by atoms with van der Waals surface area (Å²) >= 11 is 1.15. The zero-order chi connectivity index (χ0) is 17.5. The molecule has 0 aromatic heterocycles. The fraction of sp³-hybridized carbons (Fsp3) is 0.125. The van der Waals surface area contributed by atoms with E-state index < -0.39 is 18.4 Å². The van der Waals surface area contributed by atoms with Crippen LogP contribution in [0.15, 0.2) is 53.4 Å². The van der Waals surface area contributed by atoms with Crippen LogP contribution in [0, 0.1) is 5.82 Å². The number of benzene rings is 2. The summed E-state index contributed by atoms with van der Waals surface area (Å²) in [5.74, 6) is -1.66. The van der Waals surface area contributed by atoms with Gasteiger partial charge in [0.05, 0.1) is 5.75 Å². The normalized spacial score (nSPS) is 10.5. The van der Waals surface area contributed by atoms with E-state index in [1.54, 1.807) is 0 Å². The summed E-state index contributed by atoms with van der Waals surface area (Å²) in [6.07, 6.45) is 0. The van der Waals surface area contributed by atoms with Gasteiger partial charge in [-0.15, -0.1) is 11.8 Å². The van der Waals surface area contributed by atoms with E-state index in [0.717, 1.165) is 11.8 Å². The molecule has 0 unspecified atom stereocenters. The zero-order valence-electron chi connectivity index (χ0n) is 12.2. The number of thioether (sulfide) groups is 1. The van der Waals surface area contributed by atoms with E-state index in [1.807, 2.05) is 0 Å². The Morgan fingerprint density at radius 3 is 2.25 bits per heavy atom. The number of carbonyl (C=O) groups excluding carboxylic acids is 2. The maximum Gasteiger partial charge on any atom is 0.387 e. The van der Waals surface area contributed by atoms with Gasteiger partial charge in [0.2, 0.25) is 5.91 Å². The summed E-state index contributed by atoms with van der Waals surface area (Å²) in [6.45, 7) is -2.95. The van der Waals surface area contributed by atoms with Crippen molar-refractivity contribution in [2.24, 2.45) is 0 Å². The molecule has 2 aromatic rings. The van der Waals surface area contributed by atoms with Crippen LogP contribution in [0.4, 0.5) is 13.2 Å². The first kappa shape index (κ1) is 17.9. The van der Waals surface area contributed by atoms with Crippen LogP contribution >= 0.6 is 11.8 Å². The molecule has 0 fully saturated rings. The Morgan fingerprint density at radius 1 is 1.04 bits per heavy atom. The van der Waals surface area contributed by atoms with Gasteiger partial charge in [-0.2, -0.15) is 8.78 Å². The minimum absolute atomic E-state index is 0.0239. The van der Waals surface area contributed by atoms with E-state index in [0.29, 0.717) is 4.90 Å². The minimum atomic E-state index is -2.95. The lowest BCUT2D eigenvalue weighted by Gasteiger charge is -2.06.